The van der Waals surface area contributed by atoms with Crippen molar-refractivity contribution in [2.45, 2.75) is 19.8 Å². The molecule has 0 N–H and O–H groups in total. The van der Waals surface area contributed by atoms with Gasteiger partial charge < -0.3 is 0 Å². The summed E-state index contributed by atoms with van der Waals surface area (Å²) in [7, 11) is 0. The first-order chi connectivity index (χ1) is 30.2. The third kappa shape index (κ3) is 8.12. The van der Waals surface area contributed by atoms with Crippen LogP contribution in [0.25, 0.3) is 98.7 Å². The lowest BCUT2D eigenvalue weighted by atomic mass is 9.86. The number of allylic oxidation sites excluding steroid dienone is 4. The minimum Gasteiger partial charge on any atom is -0.269 e. The molecule has 0 fully saturated rings. The van der Waals surface area contributed by atoms with Gasteiger partial charge in [-0.3, -0.25) is 19.9 Å². The molecule has 0 unspecified atom stereocenters. The van der Waals surface area contributed by atoms with Gasteiger partial charge in [0.2, 0.25) is 0 Å². The fourth-order valence-corrected chi connectivity index (χ4v) is 8.32. The Hall–Kier alpha value is -7.82. The Labute approximate surface area is 357 Å². The Morgan fingerprint density at radius 2 is 1.00 bits per heavy atom. The normalized spacial score (nSPS) is 12.1. The van der Waals surface area contributed by atoms with Crippen molar-refractivity contribution >= 4 is 49.3 Å². The molecule has 1 aliphatic heterocycles. The van der Waals surface area contributed by atoms with E-state index >= 15 is 0 Å². The van der Waals surface area contributed by atoms with Gasteiger partial charge in [-0.25, -0.2) is 0 Å². The molecule has 7 aromatic carbocycles. The molecule has 4 heterocycles. The summed E-state index contributed by atoms with van der Waals surface area (Å²) in [6.07, 6.45) is 25.0. The van der Waals surface area contributed by atoms with Gasteiger partial charge in [-0.2, -0.15) is 0 Å². The number of hydrogen-bond donors (Lipinski definition) is 0. The van der Waals surface area contributed by atoms with Crippen LogP contribution in [0.4, 0.5) is 0 Å². The van der Waals surface area contributed by atoms with Crippen LogP contribution in [0, 0.1) is 0 Å². The lowest BCUT2D eigenvalue weighted by Crippen LogP contribution is -1.91. The predicted molar refractivity (Wildman–Crippen MR) is 260 cm³/mol. The molecule has 0 amide bonds. The van der Waals surface area contributed by atoms with Crippen LogP contribution in [0.1, 0.15) is 19.8 Å². The zero-order valence-electron chi connectivity index (χ0n) is 34.1. The Bertz CT molecular complexity index is 3140. The molecular weight excluding hydrogens is 741 g/mol. The number of pyridine rings is 3. The van der Waals surface area contributed by atoms with Crippen LogP contribution in [0.5, 0.6) is 0 Å². The average molecular weight is 785 g/mol. The topological polar surface area (TPSA) is 51.0 Å². The van der Waals surface area contributed by atoms with Gasteiger partial charge in [0.25, 0.3) is 0 Å². The van der Waals surface area contributed by atoms with Crippen molar-refractivity contribution in [1.29, 1.82) is 0 Å². The predicted octanol–water partition coefficient (Wildman–Crippen LogP) is 15.4. The van der Waals surface area contributed by atoms with Crippen LogP contribution in [-0.4, -0.2) is 21.2 Å². The van der Waals surface area contributed by atoms with E-state index in [4.69, 9.17) is 0 Å². The van der Waals surface area contributed by atoms with E-state index in [0.29, 0.717) is 0 Å². The van der Waals surface area contributed by atoms with Crippen molar-refractivity contribution in [3.05, 3.63) is 214 Å². The molecule has 0 radical (unpaired) electrons. The van der Waals surface area contributed by atoms with Gasteiger partial charge in [-0.1, -0.05) is 116 Å². The Balaban J connectivity index is 0.000000383. The largest absolute Gasteiger partial charge is 0.269 e. The van der Waals surface area contributed by atoms with E-state index in [1.54, 1.807) is 6.08 Å². The minimum atomic E-state index is 1.12. The highest BCUT2D eigenvalue weighted by Crippen LogP contribution is 2.44. The second-order valence-corrected chi connectivity index (χ2v) is 15.0. The molecule has 0 atom stereocenters. The number of rotatable bonds is 6. The fourth-order valence-electron chi connectivity index (χ4n) is 8.32. The van der Waals surface area contributed by atoms with Crippen LogP contribution in [-0.2, 0) is 0 Å². The SMILES string of the molecule is C1=CN=CCC1.C=C/C=C\C.c1cc(-c2cccc3cnccc23)cc(-c2ccc3ccc4c(-c5cc(-c6ccncc6)cc(-c6ccncc6)c5)ccc5ccc2c3c54)c1. The van der Waals surface area contributed by atoms with Gasteiger partial charge in [0.1, 0.15) is 0 Å². The van der Waals surface area contributed by atoms with E-state index in [-0.39, 0.29) is 0 Å². The first-order valence-corrected chi connectivity index (χ1v) is 20.7. The number of fused-ring (bicyclic) bond motifs is 1. The quantitative estimate of drug-likeness (QED) is 0.125. The number of nitrogens with zero attached hydrogens (tertiary/aromatic N) is 4. The van der Waals surface area contributed by atoms with Gasteiger partial charge in [-0.15, -0.1) is 0 Å². The molecule has 4 nitrogen and oxygen atoms in total. The van der Waals surface area contributed by atoms with Gasteiger partial charge in [0.15, 0.2) is 0 Å². The maximum absolute atomic E-state index is 4.34. The zero-order chi connectivity index (χ0) is 41.4. The Morgan fingerprint density at radius 3 is 1.52 bits per heavy atom. The summed E-state index contributed by atoms with van der Waals surface area (Å²) in [5, 5.41) is 9.98. The molecule has 0 aliphatic carbocycles. The third-order valence-electron chi connectivity index (χ3n) is 11.2. The molecule has 0 spiro atoms. The second-order valence-electron chi connectivity index (χ2n) is 15.0. The van der Waals surface area contributed by atoms with E-state index in [1.807, 2.05) is 68.7 Å². The van der Waals surface area contributed by atoms with Crippen molar-refractivity contribution < 1.29 is 0 Å². The smallest absolute Gasteiger partial charge is 0.0346 e. The van der Waals surface area contributed by atoms with Gasteiger partial charge in [0, 0.05) is 55.0 Å². The number of benzene rings is 7. The molecule has 61 heavy (non-hydrogen) atoms. The Kier molecular flexibility index (Phi) is 11.4. The van der Waals surface area contributed by atoms with E-state index in [9.17, 15) is 0 Å². The van der Waals surface area contributed by atoms with Crippen molar-refractivity contribution in [3.8, 4) is 55.6 Å². The van der Waals surface area contributed by atoms with Crippen molar-refractivity contribution in [2.24, 2.45) is 4.99 Å². The molecule has 0 bridgehead atoms. The summed E-state index contributed by atoms with van der Waals surface area (Å²) in [4.78, 5) is 16.8. The highest BCUT2D eigenvalue weighted by molar-refractivity contribution is 6.27. The molecule has 4 heteroatoms. The third-order valence-corrected chi connectivity index (χ3v) is 11.2. The van der Waals surface area contributed by atoms with Crippen LogP contribution < -0.4 is 0 Å². The maximum Gasteiger partial charge on any atom is 0.0346 e. The van der Waals surface area contributed by atoms with E-state index in [0.717, 1.165) is 34.1 Å². The summed E-state index contributed by atoms with van der Waals surface area (Å²) >= 11 is 0. The molecule has 11 rings (SSSR count). The highest BCUT2D eigenvalue weighted by atomic mass is 14.7. The van der Waals surface area contributed by atoms with Gasteiger partial charge >= 0.3 is 0 Å². The molecule has 1 aliphatic rings. The summed E-state index contributed by atoms with van der Waals surface area (Å²) < 4.78 is 0. The lowest BCUT2D eigenvalue weighted by molar-refractivity contribution is 1.08. The lowest BCUT2D eigenvalue weighted by Gasteiger charge is -2.18. The minimum absolute atomic E-state index is 1.12. The monoisotopic (exact) mass is 784 g/mol. The van der Waals surface area contributed by atoms with Crippen molar-refractivity contribution in [3.63, 3.8) is 0 Å². The molecule has 292 valence electrons. The van der Waals surface area contributed by atoms with E-state index in [1.165, 1.54) is 77.5 Å². The van der Waals surface area contributed by atoms with Crippen LogP contribution in [0.15, 0.2) is 219 Å². The molecule has 0 saturated heterocycles. The summed E-state index contributed by atoms with van der Waals surface area (Å²) in [5.41, 5.74) is 11.9. The molecule has 10 aromatic rings. The van der Waals surface area contributed by atoms with E-state index < -0.39 is 0 Å². The van der Waals surface area contributed by atoms with Gasteiger partial charge in [-0.05, 0) is 168 Å². The van der Waals surface area contributed by atoms with Crippen molar-refractivity contribution in [1.82, 2.24) is 15.0 Å². The summed E-state index contributed by atoms with van der Waals surface area (Å²) in [5.74, 6) is 0. The van der Waals surface area contributed by atoms with Crippen molar-refractivity contribution in [2.75, 3.05) is 0 Å². The first kappa shape index (κ1) is 38.7. The zero-order valence-corrected chi connectivity index (χ0v) is 34.1. The van der Waals surface area contributed by atoms with Crippen LogP contribution in [0.3, 0.4) is 0 Å². The van der Waals surface area contributed by atoms with E-state index in [2.05, 4.69) is 172 Å². The Morgan fingerprint density at radius 1 is 0.459 bits per heavy atom. The number of hydrogen-bond acceptors (Lipinski definition) is 4. The standard InChI is InChI=1S/C47H29N3.C5H7N.C5H8/c1-3-34(40-6-2-5-36-29-50-24-19-43(36)40)25-35(4-1)41-11-7-32-10-14-45-42(12-8-33-9-13-44(41)46(32)47(33)45)39-27-37(30-15-20-48-21-16-30)26-38(28-39)31-17-22-49-23-18-31;1-2-4-6-5-3-1;1-3-5-4-2/h1-29H;2,4-5H,1,3H2;3-5H,1H2,2H3/b;;5-4-. The number of aliphatic imine (C=N–C) groups is 1. The summed E-state index contributed by atoms with van der Waals surface area (Å²) in [6, 6.07) is 51.0. The second kappa shape index (κ2) is 18.0. The molecular formula is C57H44N4. The average Bonchev–Trinajstić information content (AvgIpc) is 3.34. The molecule has 0 saturated carbocycles. The van der Waals surface area contributed by atoms with Crippen LogP contribution >= 0.6 is 0 Å². The first-order valence-electron chi connectivity index (χ1n) is 20.7. The highest BCUT2D eigenvalue weighted by Gasteiger charge is 2.17. The van der Waals surface area contributed by atoms with Crippen LogP contribution in [0.2, 0.25) is 0 Å². The number of aromatic nitrogens is 3. The fraction of sp³-hybridized carbons (Fsp3) is 0.0526. The summed E-state index contributed by atoms with van der Waals surface area (Å²) in [6.45, 7) is 5.42. The molecule has 3 aromatic heterocycles. The van der Waals surface area contributed by atoms with Gasteiger partial charge in [0.05, 0.1) is 0 Å². The maximum atomic E-state index is 4.34.